The number of carbonyl (C=O) groups is 2. The van der Waals surface area contributed by atoms with Crippen molar-refractivity contribution in [1.29, 1.82) is 0 Å². The molecular weight excluding hydrogens is 431 g/mol. The number of halogens is 1. The summed E-state index contributed by atoms with van der Waals surface area (Å²) in [6.07, 6.45) is 5.21. The van der Waals surface area contributed by atoms with Gasteiger partial charge in [0.1, 0.15) is 5.82 Å². The summed E-state index contributed by atoms with van der Waals surface area (Å²) < 4.78 is 15.2. The maximum Gasteiger partial charge on any atom is 0.248 e. The minimum atomic E-state index is -0.330. The van der Waals surface area contributed by atoms with E-state index in [0.29, 0.717) is 16.9 Å². The maximum atomic E-state index is 13.4. The van der Waals surface area contributed by atoms with Crippen molar-refractivity contribution < 1.29 is 14.0 Å². The van der Waals surface area contributed by atoms with E-state index in [1.165, 1.54) is 18.2 Å². The molecule has 0 atom stereocenters. The van der Waals surface area contributed by atoms with E-state index in [2.05, 4.69) is 15.7 Å². The maximum absolute atomic E-state index is 13.4. The number of carbonyl (C=O) groups excluding carboxylic acids is 2. The molecule has 34 heavy (non-hydrogen) atoms. The highest BCUT2D eigenvalue weighted by molar-refractivity contribution is 6.02. The molecule has 2 N–H and O–H groups in total. The molecule has 0 saturated heterocycles. The third-order valence-corrected chi connectivity index (χ3v) is 5.16. The molecule has 0 bridgehead atoms. The SMILES string of the molecule is CNC(=O)Cc1ccc(NC(=O)/C=C/c2cn(-c3ccccc3)nc2-c2ccc(F)cc2)cc1. The van der Waals surface area contributed by atoms with Crippen LogP contribution in [-0.2, 0) is 16.0 Å². The fourth-order valence-corrected chi connectivity index (χ4v) is 3.38. The standard InChI is InChI=1S/C27H23FN4O2/c1-29-26(34)17-19-7-14-23(15-8-19)30-25(33)16-11-21-18-32(24-5-3-2-4-6-24)31-27(21)20-9-12-22(28)13-10-20/h2-16,18H,17H2,1H3,(H,29,34)(H,30,33)/b16-11+. The third kappa shape index (κ3) is 5.63. The molecule has 0 aliphatic carbocycles. The molecule has 4 rings (SSSR count). The predicted molar refractivity (Wildman–Crippen MR) is 131 cm³/mol. The van der Waals surface area contributed by atoms with Crippen LogP contribution in [0.1, 0.15) is 11.1 Å². The van der Waals surface area contributed by atoms with Crippen molar-refractivity contribution in [3.05, 3.63) is 108 Å². The van der Waals surface area contributed by atoms with Crippen molar-refractivity contribution in [2.75, 3.05) is 12.4 Å². The summed E-state index contributed by atoms with van der Waals surface area (Å²) in [5, 5.41) is 10.1. The Labute approximate surface area is 196 Å². The molecule has 7 heteroatoms. The van der Waals surface area contributed by atoms with E-state index in [4.69, 9.17) is 0 Å². The number of nitrogens with zero attached hydrogens (tertiary/aromatic N) is 2. The zero-order chi connectivity index (χ0) is 23.9. The predicted octanol–water partition coefficient (Wildman–Crippen LogP) is 4.62. The van der Waals surface area contributed by atoms with Crippen molar-refractivity contribution >= 4 is 23.6 Å². The van der Waals surface area contributed by atoms with Crippen molar-refractivity contribution in [1.82, 2.24) is 15.1 Å². The molecule has 6 nitrogen and oxygen atoms in total. The van der Waals surface area contributed by atoms with Gasteiger partial charge in [0.15, 0.2) is 0 Å². The van der Waals surface area contributed by atoms with Gasteiger partial charge >= 0.3 is 0 Å². The summed E-state index contributed by atoms with van der Waals surface area (Å²) in [7, 11) is 1.59. The molecule has 0 aliphatic rings. The molecular formula is C27H23FN4O2. The molecule has 0 aliphatic heterocycles. The Morgan fingerprint density at radius 1 is 0.971 bits per heavy atom. The lowest BCUT2D eigenvalue weighted by atomic mass is 10.1. The lowest BCUT2D eigenvalue weighted by Crippen LogP contribution is -2.19. The van der Waals surface area contributed by atoms with Crippen molar-refractivity contribution in [2.24, 2.45) is 0 Å². The first kappa shape index (κ1) is 22.7. The van der Waals surface area contributed by atoms with Gasteiger partial charge < -0.3 is 10.6 Å². The first-order chi connectivity index (χ1) is 16.5. The van der Waals surface area contributed by atoms with Crippen LogP contribution in [0.2, 0.25) is 0 Å². The summed E-state index contributed by atoms with van der Waals surface area (Å²) in [5.41, 5.74) is 4.42. The normalized spacial score (nSPS) is 10.9. The second kappa shape index (κ2) is 10.4. The van der Waals surface area contributed by atoms with Crippen LogP contribution < -0.4 is 10.6 Å². The highest BCUT2D eigenvalue weighted by atomic mass is 19.1. The number of rotatable bonds is 7. The Bertz CT molecular complexity index is 1310. The van der Waals surface area contributed by atoms with Crippen LogP contribution in [0.4, 0.5) is 10.1 Å². The molecule has 2 amide bonds. The van der Waals surface area contributed by atoms with Crippen LogP contribution in [0.3, 0.4) is 0 Å². The number of nitrogens with one attached hydrogen (secondary N) is 2. The van der Waals surface area contributed by atoms with Crippen molar-refractivity contribution in [3.8, 4) is 16.9 Å². The molecule has 1 aromatic heterocycles. The van der Waals surface area contributed by atoms with Gasteiger partial charge in [-0.15, -0.1) is 0 Å². The smallest absolute Gasteiger partial charge is 0.248 e. The Morgan fingerprint density at radius 2 is 1.68 bits per heavy atom. The first-order valence-electron chi connectivity index (χ1n) is 10.7. The van der Waals surface area contributed by atoms with E-state index in [9.17, 15) is 14.0 Å². The van der Waals surface area contributed by atoms with Crippen molar-refractivity contribution in [3.63, 3.8) is 0 Å². The van der Waals surface area contributed by atoms with Gasteiger partial charge in [-0.3, -0.25) is 9.59 Å². The van der Waals surface area contributed by atoms with Crippen molar-refractivity contribution in [2.45, 2.75) is 6.42 Å². The fraction of sp³-hybridized carbons (Fsp3) is 0.0741. The van der Waals surface area contributed by atoms with E-state index < -0.39 is 0 Å². The molecule has 0 radical (unpaired) electrons. The van der Waals surface area contributed by atoms with E-state index in [0.717, 1.165) is 16.8 Å². The number of amides is 2. The van der Waals surface area contributed by atoms with Gasteiger partial charge in [0.05, 0.1) is 17.8 Å². The van der Waals surface area contributed by atoms with Crippen LogP contribution in [0.5, 0.6) is 0 Å². The Balaban J connectivity index is 1.54. The second-order valence-corrected chi connectivity index (χ2v) is 7.59. The highest BCUT2D eigenvalue weighted by Crippen LogP contribution is 2.25. The van der Waals surface area contributed by atoms with E-state index in [-0.39, 0.29) is 24.1 Å². The summed E-state index contributed by atoms with van der Waals surface area (Å²) >= 11 is 0. The monoisotopic (exact) mass is 454 g/mol. The van der Waals surface area contributed by atoms with E-state index in [1.807, 2.05) is 36.5 Å². The minimum Gasteiger partial charge on any atom is -0.359 e. The van der Waals surface area contributed by atoms with Gasteiger partial charge in [0.2, 0.25) is 11.8 Å². The summed E-state index contributed by atoms with van der Waals surface area (Å²) in [6, 6.07) is 22.8. The van der Waals surface area contributed by atoms with E-state index >= 15 is 0 Å². The second-order valence-electron chi connectivity index (χ2n) is 7.59. The molecule has 0 unspecified atom stereocenters. The number of anilines is 1. The van der Waals surface area contributed by atoms with Gasteiger partial charge in [0.25, 0.3) is 0 Å². The number of benzene rings is 3. The number of aromatic nitrogens is 2. The molecule has 170 valence electrons. The average Bonchev–Trinajstić information content (AvgIpc) is 3.29. The zero-order valence-corrected chi connectivity index (χ0v) is 18.5. The number of hydrogen-bond donors (Lipinski definition) is 2. The van der Waals surface area contributed by atoms with Gasteiger partial charge in [-0.25, -0.2) is 9.07 Å². The number of likely N-dealkylation sites (N-methyl/N-ethyl adjacent to an activating group) is 1. The fourth-order valence-electron chi connectivity index (χ4n) is 3.38. The quantitative estimate of drug-likeness (QED) is 0.400. The minimum absolute atomic E-state index is 0.0762. The molecule has 1 heterocycles. The van der Waals surface area contributed by atoms with Crippen LogP contribution in [-0.4, -0.2) is 28.6 Å². The lowest BCUT2D eigenvalue weighted by Gasteiger charge is -2.04. The van der Waals surface area contributed by atoms with Gasteiger partial charge in [-0.1, -0.05) is 30.3 Å². The van der Waals surface area contributed by atoms with Crippen LogP contribution in [0.25, 0.3) is 23.0 Å². The Morgan fingerprint density at radius 3 is 2.35 bits per heavy atom. The lowest BCUT2D eigenvalue weighted by molar-refractivity contribution is -0.120. The zero-order valence-electron chi connectivity index (χ0n) is 18.5. The first-order valence-corrected chi connectivity index (χ1v) is 10.7. The molecule has 0 spiro atoms. The summed E-state index contributed by atoms with van der Waals surface area (Å²) in [6.45, 7) is 0. The number of para-hydroxylation sites is 1. The molecule has 0 fully saturated rings. The van der Waals surface area contributed by atoms with Gasteiger partial charge in [-0.05, 0) is 60.2 Å². The highest BCUT2D eigenvalue weighted by Gasteiger charge is 2.11. The Kier molecular flexibility index (Phi) is 6.93. The van der Waals surface area contributed by atoms with Crippen LogP contribution in [0, 0.1) is 5.82 Å². The average molecular weight is 455 g/mol. The van der Waals surface area contributed by atoms with Gasteiger partial charge in [0, 0.05) is 36.1 Å². The molecule has 4 aromatic rings. The Hall–Kier alpha value is -4.52. The van der Waals surface area contributed by atoms with E-state index in [1.54, 1.807) is 54.2 Å². The van der Waals surface area contributed by atoms with Crippen LogP contribution in [0.15, 0.2) is 91.1 Å². The topological polar surface area (TPSA) is 76.0 Å². The summed E-state index contributed by atoms with van der Waals surface area (Å²) in [5.74, 6) is -0.714. The number of hydrogen-bond acceptors (Lipinski definition) is 3. The summed E-state index contributed by atoms with van der Waals surface area (Å²) in [4.78, 5) is 24.0. The largest absolute Gasteiger partial charge is 0.359 e. The van der Waals surface area contributed by atoms with Gasteiger partial charge in [-0.2, -0.15) is 5.10 Å². The molecule has 0 saturated carbocycles. The van der Waals surface area contributed by atoms with Crippen LogP contribution >= 0.6 is 0 Å². The molecule has 3 aromatic carbocycles. The third-order valence-electron chi connectivity index (χ3n) is 5.16.